The second-order valence-corrected chi connectivity index (χ2v) is 14.8. The Labute approximate surface area is 197 Å². The molecule has 5 rings (SSSR count). The van der Waals surface area contributed by atoms with Gasteiger partial charge in [0.2, 0.25) is 0 Å². The van der Waals surface area contributed by atoms with Crippen LogP contribution in [-0.2, 0) is 0 Å². The first kappa shape index (κ1) is 23.4. The van der Waals surface area contributed by atoms with Gasteiger partial charge in [-0.1, -0.05) is 46.8 Å². The molecule has 5 fully saturated rings. The van der Waals surface area contributed by atoms with E-state index in [4.69, 9.17) is 0 Å². The maximum Gasteiger partial charge on any atom is 0.0626 e. The molecule has 5 aliphatic rings. The highest BCUT2D eigenvalue weighted by molar-refractivity contribution is 5.30. The summed E-state index contributed by atoms with van der Waals surface area (Å²) in [4.78, 5) is 0. The number of fused-ring (bicyclic) bond motifs is 2. The molecule has 0 heterocycles. The molecule has 0 radical (unpaired) electrons. The van der Waals surface area contributed by atoms with Crippen molar-refractivity contribution in [1.82, 2.24) is 0 Å². The van der Waals surface area contributed by atoms with Gasteiger partial charge in [-0.15, -0.1) is 0 Å². The molecule has 182 valence electrons. The van der Waals surface area contributed by atoms with Crippen LogP contribution in [0.15, 0.2) is 12.2 Å². The van der Waals surface area contributed by atoms with E-state index in [1.54, 1.807) is 0 Å². The van der Waals surface area contributed by atoms with Gasteiger partial charge in [0.05, 0.1) is 11.7 Å². The van der Waals surface area contributed by atoms with Crippen molar-refractivity contribution in [2.24, 2.45) is 50.7 Å². The molecule has 2 nitrogen and oxygen atoms in total. The Hall–Kier alpha value is -0.340. The molecule has 0 unspecified atom stereocenters. The van der Waals surface area contributed by atoms with Crippen LogP contribution in [0.3, 0.4) is 0 Å². The van der Waals surface area contributed by atoms with Crippen molar-refractivity contribution in [3.8, 4) is 0 Å². The van der Waals surface area contributed by atoms with Crippen LogP contribution in [0.25, 0.3) is 0 Å². The summed E-state index contributed by atoms with van der Waals surface area (Å²) in [6.45, 7) is 16.4. The summed E-state index contributed by atoms with van der Waals surface area (Å²) in [5.41, 5.74) is 1.49. The van der Waals surface area contributed by atoms with Crippen molar-refractivity contribution in [1.29, 1.82) is 0 Å². The zero-order chi connectivity index (χ0) is 23.4. The third-order valence-electron chi connectivity index (χ3n) is 12.8. The average Bonchev–Trinajstić information content (AvgIpc) is 3.27. The van der Waals surface area contributed by atoms with E-state index in [0.717, 1.165) is 30.6 Å². The molecule has 0 aromatic heterocycles. The van der Waals surface area contributed by atoms with E-state index < -0.39 is 5.60 Å². The quantitative estimate of drug-likeness (QED) is 0.454. The topological polar surface area (TPSA) is 40.5 Å². The van der Waals surface area contributed by atoms with E-state index in [1.165, 1.54) is 51.4 Å². The molecule has 2 N–H and O–H groups in total. The lowest BCUT2D eigenvalue weighted by Gasteiger charge is -2.63. The minimum Gasteiger partial charge on any atom is -0.393 e. The molecule has 2 spiro atoms. The van der Waals surface area contributed by atoms with Gasteiger partial charge < -0.3 is 10.2 Å². The zero-order valence-corrected chi connectivity index (χ0v) is 22.0. The molecule has 0 bridgehead atoms. The van der Waals surface area contributed by atoms with Crippen molar-refractivity contribution in [3.05, 3.63) is 12.2 Å². The molecule has 0 aliphatic heterocycles. The van der Waals surface area contributed by atoms with Crippen molar-refractivity contribution >= 4 is 0 Å². The predicted octanol–water partition coefficient (Wildman–Crippen LogP) is 7.14. The zero-order valence-electron chi connectivity index (χ0n) is 22.0. The van der Waals surface area contributed by atoms with Crippen LogP contribution in [0.2, 0.25) is 0 Å². The van der Waals surface area contributed by atoms with Gasteiger partial charge in [0.15, 0.2) is 0 Å². The van der Waals surface area contributed by atoms with Crippen LogP contribution in [0.5, 0.6) is 0 Å². The summed E-state index contributed by atoms with van der Waals surface area (Å²) in [5, 5.41) is 21.0. The van der Waals surface area contributed by atoms with Crippen LogP contribution in [0, 0.1) is 50.7 Å². The Morgan fingerprint density at radius 2 is 1.53 bits per heavy atom. The lowest BCUT2D eigenvalue weighted by atomic mass is 9.42. The first-order valence-corrected chi connectivity index (χ1v) is 13.8. The number of allylic oxidation sites excluding steroid dienone is 1. The highest BCUT2D eigenvalue weighted by Gasteiger charge is 2.82. The molecule has 0 aromatic rings. The predicted molar refractivity (Wildman–Crippen MR) is 132 cm³/mol. The lowest BCUT2D eigenvalue weighted by molar-refractivity contribution is -0.160. The third-order valence-corrected chi connectivity index (χ3v) is 12.8. The van der Waals surface area contributed by atoms with Gasteiger partial charge in [-0.05, 0) is 129 Å². The molecular weight excluding hydrogens is 392 g/mol. The molecule has 5 aliphatic carbocycles. The maximum atomic E-state index is 10.8. The van der Waals surface area contributed by atoms with Gasteiger partial charge in [-0.3, -0.25) is 0 Å². The lowest BCUT2D eigenvalue weighted by Crippen LogP contribution is -2.57. The Morgan fingerprint density at radius 3 is 2.22 bits per heavy atom. The Morgan fingerprint density at radius 1 is 0.875 bits per heavy atom. The standard InChI is InChI=1S/C30H50O2/c1-20(9-8-14-25(2,3)32)21-12-15-28(7)23-11-10-22-26(4,5)24(31)13-16-29(22)19-30(23,29)18-17-27(21,28)6/h8-9,20-24,31-32H,10-19H2,1-7H3/b9-8+/t20-,21-,22+,23+,24+,27-,28+,29-,30+/m0/s1. The van der Waals surface area contributed by atoms with Crippen LogP contribution >= 0.6 is 0 Å². The maximum absolute atomic E-state index is 10.8. The van der Waals surface area contributed by atoms with Gasteiger partial charge in [-0.2, -0.15) is 0 Å². The number of aliphatic hydroxyl groups excluding tert-OH is 1. The molecule has 9 atom stereocenters. The van der Waals surface area contributed by atoms with Crippen LogP contribution in [0.4, 0.5) is 0 Å². The first-order chi connectivity index (χ1) is 14.7. The molecule has 0 amide bonds. The van der Waals surface area contributed by atoms with Crippen molar-refractivity contribution < 1.29 is 10.2 Å². The summed E-state index contributed by atoms with van der Waals surface area (Å²) in [6, 6.07) is 0. The van der Waals surface area contributed by atoms with Gasteiger partial charge >= 0.3 is 0 Å². The number of rotatable bonds is 4. The third kappa shape index (κ3) is 2.84. The normalized spacial score (nSPS) is 52.7. The average molecular weight is 443 g/mol. The van der Waals surface area contributed by atoms with E-state index >= 15 is 0 Å². The second-order valence-electron chi connectivity index (χ2n) is 14.8. The summed E-state index contributed by atoms with van der Waals surface area (Å²) in [7, 11) is 0. The molecule has 32 heavy (non-hydrogen) atoms. The monoisotopic (exact) mass is 442 g/mol. The van der Waals surface area contributed by atoms with Gasteiger partial charge in [0.1, 0.15) is 0 Å². The van der Waals surface area contributed by atoms with E-state index in [2.05, 4.69) is 46.8 Å². The summed E-state index contributed by atoms with van der Waals surface area (Å²) in [5.74, 6) is 2.96. The number of hydrogen-bond acceptors (Lipinski definition) is 2. The van der Waals surface area contributed by atoms with Crippen molar-refractivity contribution in [2.45, 2.75) is 124 Å². The summed E-state index contributed by atoms with van der Waals surface area (Å²) >= 11 is 0. The smallest absolute Gasteiger partial charge is 0.0626 e. The Kier molecular flexibility index (Phi) is 5.02. The number of aliphatic hydroxyl groups is 2. The van der Waals surface area contributed by atoms with Crippen LogP contribution < -0.4 is 0 Å². The highest BCUT2D eigenvalue weighted by Crippen LogP contribution is 2.89. The van der Waals surface area contributed by atoms with Crippen LogP contribution in [-0.4, -0.2) is 21.9 Å². The molecular formula is C30H50O2. The second kappa shape index (κ2) is 6.87. The highest BCUT2D eigenvalue weighted by atomic mass is 16.3. The summed E-state index contributed by atoms with van der Waals surface area (Å²) < 4.78 is 0. The number of hydrogen-bond donors (Lipinski definition) is 2. The largest absolute Gasteiger partial charge is 0.393 e. The fourth-order valence-electron chi connectivity index (χ4n) is 10.9. The van der Waals surface area contributed by atoms with Crippen molar-refractivity contribution in [3.63, 3.8) is 0 Å². The van der Waals surface area contributed by atoms with E-state index in [1.807, 2.05) is 13.8 Å². The fourth-order valence-corrected chi connectivity index (χ4v) is 10.9. The summed E-state index contributed by atoms with van der Waals surface area (Å²) in [6.07, 6.45) is 17.4. The van der Waals surface area contributed by atoms with E-state index in [0.29, 0.717) is 27.6 Å². The molecule has 5 saturated carbocycles. The van der Waals surface area contributed by atoms with E-state index in [9.17, 15) is 10.2 Å². The fraction of sp³-hybridized carbons (Fsp3) is 0.933. The van der Waals surface area contributed by atoms with Gasteiger partial charge in [-0.25, -0.2) is 0 Å². The van der Waals surface area contributed by atoms with Crippen molar-refractivity contribution in [2.75, 3.05) is 0 Å². The minimum atomic E-state index is -0.609. The Balaban J connectivity index is 1.40. The minimum absolute atomic E-state index is 0.0897. The van der Waals surface area contributed by atoms with Gasteiger partial charge in [0.25, 0.3) is 0 Å². The first-order valence-electron chi connectivity index (χ1n) is 13.8. The van der Waals surface area contributed by atoms with E-state index in [-0.39, 0.29) is 11.5 Å². The van der Waals surface area contributed by atoms with Gasteiger partial charge in [0, 0.05) is 0 Å². The molecule has 2 heteroatoms. The molecule has 0 saturated heterocycles. The SMILES string of the molecule is C[C@@H](/C=C/CC(C)(C)O)[C@@H]1CC[C@]2(C)[C@H]3CC[C@@H]4C(C)(C)[C@H](O)CC[C@]45C[C@]35CC[C@@]12C. The van der Waals surface area contributed by atoms with Crippen LogP contribution in [0.1, 0.15) is 113 Å². The Bertz CT molecular complexity index is 791. The molecule has 0 aromatic carbocycles.